The predicted molar refractivity (Wildman–Crippen MR) is 98.7 cm³/mol. The van der Waals surface area contributed by atoms with E-state index in [-0.39, 0.29) is 11.7 Å². The molecule has 7 nitrogen and oxygen atoms in total. The van der Waals surface area contributed by atoms with Gasteiger partial charge in [-0.3, -0.25) is 9.89 Å². The minimum absolute atomic E-state index is 0.0266. The van der Waals surface area contributed by atoms with Gasteiger partial charge in [0.15, 0.2) is 5.82 Å². The van der Waals surface area contributed by atoms with E-state index >= 15 is 0 Å². The summed E-state index contributed by atoms with van der Waals surface area (Å²) in [7, 11) is -4.65. The molecule has 2 N–H and O–H groups in total. The Morgan fingerprint density at radius 3 is 2.63 bits per heavy atom. The topological polar surface area (TPSA) is 105 Å². The number of rotatable bonds is 7. The first-order chi connectivity index (χ1) is 12.9. The number of alkyl halides is 2. The van der Waals surface area contributed by atoms with E-state index < -0.39 is 20.5 Å². The monoisotopic (exact) mass is 430 g/mol. The Bertz CT molecular complexity index is 1020. The summed E-state index contributed by atoms with van der Waals surface area (Å²) in [4.78, 5) is 16.7. The minimum Gasteiger partial charge on any atom is -0.325 e. The molecule has 0 radical (unpaired) electrons. The Hall–Kier alpha value is -2.31. The first kappa shape index (κ1) is 19.5. The molecule has 0 spiro atoms. The number of benzene rings is 1. The van der Waals surface area contributed by atoms with Crippen molar-refractivity contribution in [3.8, 4) is 10.7 Å². The average molecular weight is 430 g/mol. The van der Waals surface area contributed by atoms with Crippen molar-refractivity contribution >= 4 is 44.5 Å². The molecule has 3 rings (SSSR count). The molecule has 0 saturated heterocycles. The van der Waals surface area contributed by atoms with Crippen LogP contribution in [0.2, 0.25) is 0 Å². The summed E-state index contributed by atoms with van der Waals surface area (Å²) < 4.78 is 47.7. The van der Waals surface area contributed by atoms with Gasteiger partial charge in [0.05, 0.1) is 15.5 Å². The third-order valence-electron chi connectivity index (χ3n) is 3.25. The molecule has 12 heteroatoms. The molecule has 0 aliphatic rings. The van der Waals surface area contributed by atoms with E-state index in [1.807, 2.05) is 17.5 Å². The van der Waals surface area contributed by atoms with Crippen LogP contribution in [-0.2, 0) is 14.6 Å². The van der Waals surface area contributed by atoms with Gasteiger partial charge < -0.3 is 5.32 Å². The lowest BCUT2D eigenvalue weighted by Crippen LogP contribution is -2.15. The second-order valence-corrected chi connectivity index (χ2v) is 8.92. The highest BCUT2D eigenvalue weighted by molar-refractivity contribution is 7.99. The van der Waals surface area contributed by atoms with E-state index in [9.17, 15) is 22.0 Å². The van der Waals surface area contributed by atoms with E-state index in [1.165, 1.54) is 23.5 Å². The molecule has 0 atom stereocenters. The Kier molecular flexibility index (Phi) is 5.87. The summed E-state index contributed by atoms with van der Waals surface area (Å²) in [6.07, 6.45) is 0. The molecule has 0 fully saturated rings. The number of aromatic amines is 1. The van der Waals surface area contributed by atoms with Crippen LogP contribution in [0.15, 0.2) is 51.8 Å². The van der Waals surface area contributed by atoms with Gasteiger partial charge in [0, 0.05) is 5.69 Å². The van der Waals surface area contributed by atoms with E-state index in [2.05, 4.69) is 20.5 Å². The van der Waals surface area contributed by atoms with Gasteiger partial charge in [-0.15, -0.1) is 16.4 Å². The van der Waals surface area contributed by atoms with Crippen molar-refractivity contribution in [2.45, 2.75) is 15.8 Å². The zero-order chi connectivity index (χ0) is 19.4. The number of hydrogen-bond acceptors (Lipinski definition) is 7. The summed E-state index contributed by atoms with van der Waals surface area (Å²) in [6.45, 7) is 0. The second-order valence-electron chi connectivity index (χ2n) is 5.11. The van der Waals surface area contributed by atoms with Crippen LogP contribution in [0.1, 0.15) is 0 Å². The number of thioether (sulfide) groups is 1. The van der Waals surface area contributed by atoms with Crippen LogP contribution >= 0.6 is 23.1 Å². The van der Waals surface area contributed by atoms with Crippen molar-refractivity contribution < 1.29 is 22.0 Å². The van der Waals surface area contributed by atoms with Crippen LogP contribution in [0, 0.1) is 0 Å². The molecule has 0 aliphatic carbocycles. The number of amides is 1. The van der Waals surface area contributed by atoms with Crippen LogP contribution < -0.4 is 5.32 Å². The SMILES string of the molecule is O=C(CSc1n[nH]c(-c2cccs2)n1)Nc1ccc(S(=O)(=O)C(F)F)cc1. The Balaban J connectivity index is 1.55. The van der Waals surface area contributed by atoms with E-state index in [0.29, 0.717) is 16.7 Å². The van der Waals surface area contributed by atoms with Crippen LogP contribution in [-0.4, -0.2) is 41.0 Å². The molecule has 1 aromatic carbocycles. The molecule has 1 amide bonds. The molecule has 2 aromatic heterocycles. The molecule has 0 unspecified atom stereocenters. The summed E-state index contributed by atoms with van der Waals surface area (Å²) in [5.41, 5.74) is 0.295. The summed E-state index contributed by atoms with van der Waals surface area (Å²) in [5, 5.41) is 11.7. The number of aromatic nitrogens is 3. The lowest BCUT2D eigenvalue weighted by molar-refractivity contribution is -0.113. The van der Waals surface area contributed by atoms with Gasteiger partial charge in [0.2, 0.25) is 20.9 Å². The largest absolute Gasteiger partial charge is 0.341 e. The molecule has 0 saturated carbocycles. The fourth-order valence-electron chi connectivity index (χ4n) is 1.99. The van der Waals surface area contributed by atoms with Crippen molar-refractivity contribution in [3.63, 3.8) is 0 Å². The van der Waals surface area contributed by atoms with Crippen LogP contribution in [0.5, 0.6) is 0 Å². The minimum atomic E-state index is -4.65. The van der Waals surface area contributed by atoms with Gasteiger partial charge in [-0.05, 0) is 35.7 Å². The van der Waals surface area contributed by atoms with Gasteiger partial charge in [-0.25, -0.2) is 13.4 Å². The number of sulfone groups is 1. The lowest BCUT2D eigenvalue weighted by Gasteiger charge is -2.06. The third-order valence-corrected chi connectivity index (χ3v) is 6.38. The van der Waals surface area contributed by atoms with E-state index in [0.717, 1.165) is 28.8 Å². The molecule has 0 bridgehead atoms. The highest BCUT2D eigenvalue weighted by Crippen LogP contribution is 2.23. The van der Waals surface area contributed by atoms with Crippen LogP contribution in [0.4, 0.5) is 14.5 Å². The standard InChI is InChI=1S/C15H12F2N4O3S3/c16-14(17)27(23,24)10-5-3-9(4-6-10)18-12(22)8-26-15-19-13(20-21-15)11-2-1-7-25-11/h1-7,14H,8H2,(H,18,22)(H,19,20,21). The molecule has 0 aliphatic heterocycles. The first-order valence-corrected chi connectivity index (χ1v) is 10.8. The number of thiophene rings is 1. The van der Waals surface area contributed by atoms with Crippen LogP contribution in [0.25, 0.3) is 10.7 Å². The average Bonchev–Trinajstić information content (AvgIpc) is 3.32. The van der Waals surface area contributed by atoms with Crippen molar-refractivity contribution in [1.29, 1.82) is 0 Å². The zero-order valence-corrected chi connectivity index (χ0v) is 15.9. The highest BCUT2D eigenvalue weighted by Gasteiger charge is 2.26. The number of carbonyl (C=O) groups excluding carboxylic acids is 1. The smallest absolute Gasteiger partial charge is 0.325 e. The second kappa shape index (κ2) is 8.15. The summed E-state index contributed by atoms with van der Waals surface area (Å²) >= 11 is 2.63. The Morgan fingerprint density at radius 2 is 2.00 bits per heavy atom. The van der Waals surface area contributed by atoms with Crippen LogP contribution in [0.3, 0.4) is 0 Å². The van der Waals surface area contributed by atoms with E-state index in [4.69, 9.17) is 0 Å². The molecule has 27 heavy (non-hydrogen) atoms. The normalized spacial score (nSPS) is 11.7. The molecule has 3 aromatic rings. The van der Waals surface area contributed by atoms with Gasteiger partial charge in [-0.2, -0.15) is 8.78 Å². The van der Waals surface area contributed by atoms with Crippen molar-refractivity contribution in [2.24, 2.45) is 0 Å². The highest BCUT2D eigenvalue weighted by atomic mass is 32.2. The molecule has 142 valence electrons. The number of H-pyrrole nitrogens is 1. The maximum absolute atomic E-state index is 12.5. The summed E-state index contributed by atoms with van der Waals surface area (Å²) in [5.74, 6) is -3.22. The van der Waals surface area contributed by atoms with Gasteiger partial charge in [0.25, 0.3) is 0 Å². The fourth-order valence-corrected chi connectivity index (χ4v) is 3.98. The maximum Gasteiger partial charge on any atom is 0.341 e. The number of nitrogens with one attached hydrogen (secondary N) is 2. The quantitative estimate of drug-likeness (QED) is 0.558. The number of carbonyl (C=O) groups is 1. The third kappa shape index (κ3) is 4.70. The fraction of sp³-hybridized carbons (Fsp3) is 0.133. The zero-order valence-electron chi connectivity index (χ0n) is 13.4. The Morgan fingerprint density at radius 1 is 1.26 bits per heavy atom. The van der Waals surface area contributed by atoms with E-state index in [1.54, 1.807) is 0 Å². The number of anilines is 1. The number of halogens is 2. The molecular formula is C15H12F2N4O3S3. The Labute approximate surface area is 161 Å². The van der Waals surface area contributed by atoms with Crippen molar-refractivity contribution in [3.05, 3.63) is 41.8 Å². The van der Waals surface area contributed by atoms with Gasteiger partial charge in [-0.1, -0.05) is 17.8 Å². The number of nitrogens with zero attached hydrogens (tertiary/aromatic N) is 2. The van der Waals surface area contributed by atoms with Crippen molar-refractivity contribution in [2.75, 3.05) is 11.1 Å². The first-order valence-electron chi connectivity index (χ1n) is 7.37. The number of hydrogen-bond donors (Lipinski definition) is 2. The van der Waals surface area contributed by atoms with Gasteiger partial charge >= 0.3 is 5.76 Å². The maximum atomic E-state index is 12.5. The molecular weight excluding hydrogens is 418 g/mol. The lowest BCUT2D eigenvalue weighted by atomic mass is 10.3. The van der Waals surface area contributed by atoms with Gasteiger partial charge in [0.1, 0.15) is 0 Å². The molecule has 2 heterocycles. The summed E-state index contributed by atoms with van der Waals surface area (Å²) in [6, 6.07) is 8.32. The van der Waals surface area contributed by atoms with Crippen molar-refractivity contribution in [1.82, 2.24) is 15.2 Å². The predicted octanol–water partition coefficient (Wildman–Crippen LogP) is 3.26.